The van der Waals surface area contributed by atoms with Gasteiger partial charge in [0, 0.05) is 62.6 Å². The predicted molar refractivity (Wildman–Crippen MR) is 235 cm³/mol. The number of anilines is 2. The Morgan fingerprint density at radius 2 is 1.58 bits per heavy atom. The van der Waals surface area contributed by atoms with E-state index in [0.717, 1.165) is 91.8 Å². The first-order chi connectivity index (χ1) is 31.9. The molecule has 0 saturated carbocycles. The first kappa shape index (κ1) is 45.1. The van der Waals surface area contributed by atoms with Gasteiger partial charge in [-0.2, -0.15) is 23.4 Å². The molecule has 350 valence electrons. The number of nitrogens with zero attached hydrogens (tertiary/aromatic N) is 8. The summed E-state index contributed by atoms with van der Waals surface area (Å²) in [5, 5.41) is 18.9. The summed E-state index contributed by atoms with van der Waals surface area (Å²) in [6.07, 6.45) is 3.75. The molecule has 0 bridgehead atoms. The van der Waals surface area contributed by atoms with Crippen molar-refractivity contribution in [2.45, 2.75) is 95.6 Å². The number of imide groups is 2. The van der Waals surface area contributed by atoms with E-state index < -0.39 is 58.8 Å². The maximum absolute atomic E-state index is 15.5. The molecule has 21 heteroatoms. The van der Waals surface area contributed by atoms with E-state index in [-0.39, 0.29) is 53.6 Å². The molecule has 1 atom stereocenters. The van der Waals surface area contributed by atoms with E-state index in [1.807, 2.05) is 48.4 Å². The summed E-state index contributed by atoms with van der Waals surface area (Å²) in [5.74, 6) is -3.19. The number of aromatic nitrogens is 6. The minimum Gasteiger partial charge on any atom is -0.369 e. The van der Waals surface area contributed by atoms with Gasteiger partial charge in [-0.25, -0.2) is 19.0 Å². The first-order valence-electron chi connectivity index (χ1n) is 22.1. The number of hydrogen-bond donors (Lipinski definition) is 4. The van der Waals surface area contributed by atoms with Crippen LogP contribution in [0.2, 0.25) is 0 Å². The van der Waals surface area contributed by atoms with E-state index in [1.165, 1.54) is 12.3 Å². The van der Waals surface area contributed by atoms with Gasteiger partial charge in [0.15, 0.2) is 5.82 Å². The van der Waals surface area contributed by atoms with E-state index in [9.17, 15) is 37.1 Å². The summed E-state index contributed by atoms with van der Waals surface area (Å²) >= 11 is 0. The molecule has 5 amide bonds. The first-order valence-corrected chi connectivity index (χ1v) is 22.1. The van der Waals surface area contributed by atoms with Gasteiger partial charge in [-0.15, -0.1) is 0 Å². The number of carbonyl (C=O) groups is 5. The van der Waals surface area contributed by atoms with Crippen LogP contribution >= 0.6 is 0 Å². The third kappa shape index (κ3) is 8.86. The smallest absolute Gasteiger partial charge is 0.369 e. The second-order valence-electron chi connectivity index (χ2n) is 18.0. The highest BCUT2D eigenvalue weighted by Crippen LogP contribution is 2.39. The summed E-state index contributed by atoms with van der Waals surface area (Å²) in [4.78, 5) is 77.3. The number of H-pyrrole nitrogens is 1. The average molecular weight is 925 g/mol. The molecular formula is C46H48F4N12O5. The van der Waals surface area contributed by atoms with Gasteiger partial charge >= 0.3 is 6.18 Å². The highest BCUT2D eigenvalue weighted by molar-refractivity contribution is 6.23. The minimum absolute atomic E-state index is 0.00450. The molecule has 3 saturated heterocycles. The maximum Gasteiger partial charge on any atom is 0.401 e. The fourth-order valence-corrected chi connectivity index (χ4v) is 9.17. The molecule has 4 aliphatic heterocycles. The lowest BCUT2D eigenvalue weighted by atomic mass is 9.92. The summed E-state index contributed by atoms with van der Waals surface area (Å²) < 4.78 is 57.3. The van der Waals surface area contributed by atoms with Crippen LogP contribution in [0.3, 0.4) is 0 Å². The number of carbonyl (C=O) groups excluding carboxylic acids is 5. The van der Waals surface area contributed by atoms with E-state index >= 15 is 4.39 Å². The van der Waals surface area contributed by atoms with Gasteiger partial charge in [-0.1, -0.05) is 6.07 Å². The topological polar surface area (TPSA) is 203 Å². The normalized spacial score (nSPS) is 18.9. The fraction of sp³-hybridized carbons (Fsp3) is 0.413. The largest absolute Gasteiger partial charge is 0.401 e. The Balaban J connectivity index is 0.736. The lowest BCUT2D eigenvalue weighted by Crippen LogP contribution is -2.54. The molecule has 17 nitrogen and oxygen atoms in total. The van der Waals surface area contributed by atoms with Crippen LogP contribution in [-0.4, -0.2) is 120 Å². The van der Waals surface area contributed by atoms with Crippen molar-refractivity contribution in [2.24, 2.45) is 0 Å². The maximum atomic E-state index is 15.5. The number of aromatic amines is 1. The third-order valence-electron chi connectivity index (χ3n) is 13.3. The fourth-order valence-electron chi connectivity index (χ4n) is 9.17. The van der Waals surface area contributed by atoms with Gasteiger partial charge < -0.3 is 20.4 Å². The van der Waals surface area contributed by atoms with E-state index in [0.29, 0.717) is 19.1 Å². The number of hydrogen-bond acceptors (Lipinski definition) is 12. The molecule has 0 aliphatic carbocycles. The van der Waals surface area contributed by atoms with Gasteiger partial charge in [-0.3, -0.25) is 39.3 Å². The van der Waals surface area contributed by atoms with Gasteiger partial charge in [0.25, 0.3) is 17.7 Å². The Morgan fingerprint density at radius 3 is 2.25 bits per heavy atom. The van der Waals surface area contributed by atoms with Gasteiger partial charge in [0.1, 0.15) is 28.9 Å². The van der Waals surface area contributed by atoms with Gasteiger partial charge in [-0.05, 0) is 100 Å². The Bertz CT molecular complexity index is 2750. The van der Waals surface area contributed by atoms with Crippen LogP contribution in [0.5, 0.6) is 0 Å². The number of nitrogens with one attached hydrogen (secondary N) is 4. The lowest BCUT2D eigenvalue weighted by molar-refractivity contribution is -0.182. The van der Waals surface area contributed by atoms with Crippen LogP contribution in [0.15, 0.2) is 61.1 Å². The molecule has 4 N–H and O–H groups in total. The van der Waals surface area contributed by atoms with E-state index in [4.69, 9.17) is 4.98 Å². The molecular weight excluding hydrogens is 877 g/mol. The second-order valence-corrected chi connectivity index (χ2v) is 18.0. The number of fused-ring (bicyclic) bond motifs is 1. The Morgan fingerprint density at radius 1 is 0.866 bits per heavy atom. The number of alkyl halides is 3. The van der Waals surface area contributed by atoms with Crippen molar-refractivity contribution in [3.8, 4) is 16.8 Å². The van der Waals surface area contributed by atoms with Crippen molar-refractivity contribution in [2.75, 3.05) is 36.4 Å². The summed E-state index contributed by atoms with van der Waals surface area (Å²) in [7, 11) is 0. The van der Waals surface area contributed by atoms with Crippen molar-refractivity contribution < 1.29 is 41.5 Å². The van der Waals surface area contributed by atoms with Gasteiger partial charge in [0.05, 0.1) is 40.8 Å². The van der Waals surface area contributed by atoms with Crippen LogP contribution in [-0.2, 0) is 21.5 Å². The molecule has 0 radical (unpaired) electrons. The number of halogens is 4. The average Bonchev–Trinajstić information content (AvgIpc) is 4.05. The molecule has 2 aromatic carbocycles. The zero-order valence-corrected chi connectivity index (χ0v) is 36.9. The molecule has 3 aromatic heterocycles. The van der Waals surface area contributed by atoms with Crippen molar-refractivity contribution in [1.29, 1.82) is 0 Å². The third-order valence-corrected chi connectivity index (χ3v) is 13.3. The number of likely N-dealkylation sites (tertiary alicyclic amines) is 1. The Hall–Kier alpha value is -7.03. The van der Waals surface area contributed by atoms with E-state index in [2.05, 4.69) is 41.1 Å². The van der Waals surface area contributed by atoms with Crippen molar-refractivity contribution in [3.63, 3.8) is 0 Å². The van der Waals surface area contributed by atoms with Crippen LogP contribution < -0.4 is 20.9 Å². The number of benzene rings is 2. The predicted octanol–water partition coefficient (Wildman–Crippen LogP) is 5.22. The quantitative estimate of drug-likeness (QED) is 0.0996. The number of pyridine rings is 1. The molecule has 0 spiro atoms. The molecule has 5 aromatic rings. The molecule has 4 aliphatic rings. The van der Waals surface area contributed by atoms with Crippen LogP contribution in [0.4, 0.5) is 29.1 Å². The molecule has 3 fully saturated rings. The number of rotatable bonds is 11. The molecule has 9 rings (SSSR count). The van der Waals surface area contributed by atoms with Crippen LogP contribution in [0.1, 0.15) is 101 Å². The number of amides is 5. The van der Waals surface area contributed by atoms with Crippen LogP contribution in [0.25, 0.3) is 16.8 Å². The van der Waals surface area contributed by atoms with Crippen LogP contribution in [0, 0.1) is 12.7 Å². The second kappa shape index (κ2) is 17.6. The Labute approximate surface area is 381 Å². The minimum atomic E-state index is -4.54. The molecule has 67 heavy (non-hydrogen) atoms. The van der Waals surface area contributed by atoms with Gasteiger partial charge in [0.2, 0.25) is 11.8 Å². The zero-order chi connectivity index (χ0) is 47.4. The molecule has 7 heterocycles. The van der Waals surface area contributed by atoms with Crippen molar-refractivity contribution >= 4 is 41.0 Å². The Kier molecular flexibility index (Phi) is 11.9. The number of piperidine rings is 3. The standard InChI is InChI=1S/C46H48F4N12O5/c1-25-18-26(4-6-34(25)61-24-28(22-53-61)40(64)52-23-38-55-44(58-57-38)45(2,3)46(48,49)50)27-5-8-37(51-21-27)54-29-10-14-59(15-11-29)30-12-16-60(17-13-30)36-20-32-31(19-33(36)47)42(66)62(43(32)67)35-7-9-39(63)56-41(35)65/h4-6,8,18-22,24,29-30,35H,7,9-17,23H2,1-3H3,(H,51,54)(H,52,64)(H,55,57,58)(H,56,63,65). The SMILES string of the molecule is Cc1cc(-c2ccc(NC3CCN(C4CCN(c5cc6c(cc5F)C(=O)N(C5CCC(=O)NC5=O)C6=O)CC4)CC3)nc2)ccc1-n1cc(C(=O)NCc2nc(C(C)(C)C(F)(F)F)n[nH]2)cn1. The lowest BCUT2D eigenvalue weighted by Gasteiger charge is -2.42. The summed E-state index contributed by atoms with van der Waals surface area (Å²) in [6, 6.07) is 11.8. The van der Waals surface area contributed by atoms with Crippen molar-refractivity contribution in [1.82, 2.24) is 50.4 Å². The highest BCUT2D eigenvalue weighted by Gasteiger charge is 2.51. The van der Waals surface area contributed by atoms with Crippen molar-refractivity contribution in [3.05, 3.63) is 101 Å². The number of aryl methyl sites for hydroxylation is 1. The summed E-state index contributed by atoms with van der Waals surface area (Å²) in [6.45, 7) is 6.70. The van der Waals surface area contributed by atoms with E-state index in [1.54, 1.807) is 10.9 Å². The summed E-state index contributed by atoms with van der Waals surface area (Å²) in [5.41, 5.74) is 1.77. The highest BCUT2D eigenvalue weighted by atomic mass is 19.4. The zero-order valence-electron chi connectivity index (χ0n) is 36.9. The molecule has 1 unspecified atom stereocenters. The monoisotopic (exact) mass is 924 g/mol.